The highest BCUT2D eigenvalue weighted by molar-refractivity contribution is 5.64. The van der Waals surface area contributed by atoms with E-state index in [2.05, 4.69) is 73.6 Å². The Labute approximate surface area is 133 Å². The minimum absolute atomic E-state index is 0.334. The molecule has 0 spiro atoms. The fourth-order valence-electron chi connectivity index (χ4n) is 3.41. The molecule has 0 bridgehead atoms. The van der Waals surface area contributed by atoms with Crippen molar-refractivity contribution in [1.82, 2.24) is 4.90 Å². The number of nitrogens with zero attached hydrogens (tertiary/aromatic N) is 1. The maximum atomic E-state index is 5.50. The van der Waals surface area contributed by atoms with Crippen LogP contribution in [-0.4, -0.2) is 26.1 Å². The van der Waals surface area contributed by atoms with Crippen LogP contribution in [0.2, 0.25) is 0 Å². The summed E-state index contributed by atoms with van der Waals surface area (Å²) in [4.78, 5) is 2.30. The number of fused-ring (bicyclic) bond motifs is 1. The third-order valence-electron chi connectivity index (χ3n) is 4.38. The van der Waals surface area contributed by atoms with E-state index in [4.69, 9.17) is 4.74 Å². The average Bonchev–Trinajstić information content (AvgIpc) is 2.55. The summed E-state index contributed by atoms with van der Waals surface area (Å²) in [6.45, 7) is 0. The quantitative estimate of drug-likeness (QED) is 0.832. The molecule has 0 aliphatic heterocycles. The number of likely N-dealkylation sites (N-methyl/N-ethyl adjacent to an activating group) is 1. The predicted molar refractivity (Wildman–Crippen MR) is 92.2 cm³/mol. The van der Waals surface area contributed by atoms with Crippen molar-refractivity contribution in [2.75, 3.05) is 21.2 Å². The van der Waals surface area contributed by atoms with E-state index < -0.39 is 0 Å². The molecule has 1 aliphatic carbocycles. The van der Waals surface area contributed by atoms with Crippen molar-refractivity contribution in [3.8, 4) is 5.75 Å². The lowest BCUT2D eigenvalue weighted by Gasteiger charge is -2.30. The zero-order chi connectivity index (χ0) is 15.5. The highest BCUT2D eigenvalue weighted by Gasteiger charge is 2.23. The second-order valence-corrected chi connectivity index (χ2v) is 6.02. The van der Waals surface area contributed by atoms with E-state index in [-0.39, 0.29) is 0 Å². The summed E-state index contributed by atoms with van der Waals surface area (Å²) in [7, 11) is 6.06. The molecule has 0 N–H and O–H groups in total. The molecule has 1 aliphatic rings. The van der Waals surface area contributed by atoms with Gasteiger partial charge in [0.2, 0.25) is 0 Å². The Balaban J connectivity index is 2.01. The first-order valence-corrected chi connectivity index (χ1v) is 7.78. The van der Waals surface area contributed by atoms with Gasteiger partial charge in [-0.2, -0.15) is 0 Å². The summed E-state index contributed by atoms with van der Waals surface area (Å²) in [5.41, 5.74) is 5.45. The van der Waals surface area contributed by atoms with Crippen LogP contribution in [0.15, 0.2) is 54.1 Å². The largest absolute Gasteiger partial charge is 0.496 e. The third kappa shape index (κ3) is 2.79. The fourth-order valence-corrected chi connectivity index (χ4v) is 3.41. The van der Waals surface area contributed by atoms with Crippen LogP contribution in [0.3, 0.4) is 0 Å². The molecule has 0 fully saturated rings. The number of hydrogen-bond acceptors (Lipinski definition) is 2. The van der Waals surface area contributed by atoms with E-state index in [1.807, 2.05) is 0 Å². The zero-order valence-electron chi connectivity index (χ0n) is 13.5. The molecule has 3 rings (SSSR count). The van der Waals surface area contributed by atoms with Crippen LogP contribution in [0.5, 0.6) is 5.75 Å². The molecule has 2 nitrogen and oxygen atoms in total. The van der Waals surface area contributed by atoms with Crippen molar-refractivity contribution in [2.45, 2.75) is 18.9 Å². The smallest absolute Gasteiger partial charge is 0.122 e. The van der Waals surface area contributed by atoms with Crippen LogP contribution in [0, 0.1) is 0 Å². The SMILES string of the molecule is COc1cccc2c1CCC(C(c1ccccc1)N(C)C)=C2. The first-order chi connectivity index (χ1) is 10.7. The Morgan fingerprint density at radius 1 is 0.955 bits per heavy atom. The number of ether oxygens (including phenoxy) is 1. The molecule has 1 unspecified atom stereocenters. The van der Waals surface area contributed by atoms with Gasteiger partial charge in [0.1, 0.15) is 5.75 Å². The van der Waals surface area contributed by atoms with E-state index >= 15 is 0 Å². The van der Waals surface area contributed by atoms with Gasteiger partial charge in [0, 0.05) is 5.56 Å². The van der Waals surface area contributed by atoms with E-state index in [0.29, 0.717) is 6.04 Å². The summed E-state index contributed by atoms with van der Waals surface area (Å²) < 4.78 is 5.50. The molecule has 2 aromatic rings. The standard InChI is InChI=1S/C20H23NO/c1-21(2)20(15-8-5-4-6-9-15)17-12-13-18-16(14-17)10-7-11-19(18)22-3/h4-11,14,20H,12-13H2,1-3H3. The van der Waals surface area contributed by atoms with Crippen LogP contribution >= 0.6 is 0 Å². The van der Waals surface area contributed by atoms with Gasteiger partial charge >= 0.3 is 0 Å². The van der Waals surface area contributed by atoms with Gasteiger partial charge in [-0.15, -0.1) is 0 Å². The normalized spacial score (nSPS) is 15.2. The van der Waals surface area contributed by atoms with Crippen molar-refractivity contribution in [3.63, 3.8) is 0 Å². The lowest BCUT2D eigenvalue weighted by Crippen LogP contribution is -2.23. The molecule has 2 aromatic carbocycles. The third-order valence-corrected chi connectivity index (χ3v) is 4.38. The first-order valence-electron chi connectivity index (χ1n) is 7.78. The van der Waals surface area contributed by atoms with Gasteiger partial charge in [0.25, 0.3) is 0 Å². The van der Waals surface area contributed by atoms with E-state index in [0.717, 1.165) is 18.6 Å². The topological polar surface area (TPSA) is 12.5 Å². The minimum atomic E-state index is 0.334. The van der Waals surface area contributed by atoms with Gasteiger partial charge in [-0.25, -0.2) is 0 Å². The number of hydrogen-bond donors (Lipinski definition) is 0. The number of rotatable bonds is 4. The van der Waals surface area contributed by atoms with Crippen molar-refractivity contribution < 1.29 is 4.74 Å². The second kappa shape index (κ2) is 6.37. The first kappa shape index (κ1) is 14.9. The van der Waals surface area contributed by atoms with Crippen LogP contribution in [0.25, 0.3) is 6.08 Å². The summed E-state index contributed by atoms with van der Waals surface area (Å²) in [6.07, 6.45) is 4.46. The molecule has 0 saturated carbocycles. The highest BCUT2D eigenvalue weighted by atomic mass is 16.5. The van der Waals surface area contributed by atoms with Gasteiger partial charge in [-0.3, -0.25) is 4.90 Å². The second-order valence-electron chi connectivity index (χ2n) is 6.02. The minimum Gasteiger partial charge on any atom is -0.496 e. The fraction of sp³-hybridized carbons (Fsp3) is 0.300. The van der Waals surface area contributed by atoms with Crippen LogP contribution in [0.1, 0.15) is 29.2 Å². The maximum Gasteiger partial charge on any atom is 0.122 e. The average molecular weight is 293 g/mol. The molecule has 0 aromatic heterocycles. The van der Waals surface area contributed by atoms with Gasteiger partial charge in [0.05, 0.1) is 13.2 Å². The predicted octanol–water partition coefficient (Wildman–Crippen LogP) is 4.33. The van der Waals surface area contributed by atoms with Crippen LogP contribution in [0.4, 0.5) is 0 Å². The molecule has 0 heterocycles. The lowest BCUT2D eigenvalue weighted by molar-refractivity contribution is 0.331. The number of methoxy groups -OCH3 is 1. The molecule has 0 amide bonds. The van der Waals surface area contributed by atoms with Gasteiger partial charge in [-0.05, 0) is 49.7 Å². The summed E-state index contributed by atoms with van der Waals surface area (Å²) >= 11 is 0. The zero-order valence-corrected chi connectivity index (χ0v) is 13.5. The van der Waals surface area contributed by atoms with Gasteiger partial charge in [0.15, 0.2) is 0 Å². The highest BCUT2D eigenvalue weighted by Crippen LogP contribution is 2.37. The van der Waals surface area contributed by atoms with Crippen LogP contribution in [-0.2, 0) is 6.42 Å². The van der Waals surface area contributed by atoms with Crippen molar-refractivity contribution in [1.29, 1.82) is 0 Å². The number of benzene rings is 2. The molecule has 1 atom stereocenters. The van der Waals surface area contributed by atoms with Crippen molar-refractivity contribution >= 4 is 6.08 Å². The monoisotopic (exact) mass is 293 g/mol. The van der Waals surface area contributed by atoms with Crippen LogP contribution < -0.4 is 4.74 Å². The Morgan fingerprint density at radius 2 is 1.73 bits per heavy atom. The Kier molecular flexibility index (Phi) is 4.30. The summed E-state index contributed by atoms with van der Waals surface area (Å²) in [5.74, 6) is 1.01. The van der Waals surface area contributed by atoms with Gasteiger partial charge in [-0.1, -0.05) is 48.5 Å². The molecule has 22 heavy (non-hydrogen) atoms. The maximum absolute atomic E-state index is 5.50. The molecular formula is C20H23NO. The Hall–Kier alpha value is -2.06. The van der Waals surface area contributed by atoms with E-state index in [1.54, 1.807) is 7.11 Å². The van der Waals surface area contributed by atoms with E-state index in [1.165, 1.54) is 22.3 Å². The van der Waals surface area contributed by atoms with Gasteiger partial charge < -0.3 is 4.74 Å². The Morgan fingerprint density at radius 3 is 2.41 bits per heavy atom. The molecule has 2 heteroatoms. The lowest BCUT2D eigenvalue weighted by atomic mass is 9.85. The summed E-state index contributed by atoms with van der Waals surface area (Å²) in [5, 5.41) is 0. The molecule has 114 valence electrons. The van der Waals surface area contributed by atoms with Crippen molar-refractivity contribution in [2.24, 2.45) is 0 Å². The van der Waals surface area contributed by atoms with E-state index in [9.17, 15) is 0 Å². The molecule has 0 radical (unpaired) electrons. The molecule has 0 saturated heterocycles. The Bertz CT molecular complexity index is 673. The summed E-state index contributed by atoms with van der Waals surface area (Å²) in [6, 6.07) is 17.4. The molecular weight excluding hydrogens is 270 g/mol. The van der Waals surface area contributed by atoms with Crippen molar-refractivity contribution in [3.05, 3.63) is 70.8 Å².